The smallest absolute Gasteiger partial charge is 0.339 e. The van der Waals surface area contributed by atoms with Crippen molar-refractivity contribution in [3.8, 4) is 0 Å². The van der Waals surface area contributed by atoms with E-state index in [0.717, 1.165) is 25.7 Å². The summed E-state index contributed by atoms with van der Waals surface area (Å²) < 4.78 is 10.2. The Morgan fingerprint density at radius 3 is 2.10 bits per heavy atom. The van der Waals surface area contributed by atoms with Crippen LogP contribution < -0.4 is 0 Å². The zero-order valence-corrected chi connectivity index (χ0v) is 13.2. The van der Waals surface area contributed by atoms with E-state index in [-0.39, 0.29) is 10.6 Å². The zero-order valence-electron chi connectivity index (χ0n) is 12.5. The molecular weight excluding hydrogens is 292 g/mol. The highest BCUT2D eigenvalue weighted by atomic mass is 35.5. The second kappa shape index (κ2) is 9.40. The van der Waals surface area contributed by atoms with Crippen LogP contribution in [-0.4, -0.2) is 25.2 Å². The summed E-state index contributed by atoms with van der Waals surface area (Å²) in [5, 5.41) is 0.196. The maximum absolute atomic E-state index is 11.8. The standard InChI is InChI=1S/C16H21ClO4/c1-3-5-9-20-15(18)12-7-8-13(14(17)11-12)16(19)21-10-6-4-2/h7-8,11H,3-6,9-10H2,1-2H3. The molecule has 0 spiro atoms. The van der Waals surface area contributed by atoms with Crippen molar-refractivity contribution < 1.29 is 19.1 Å². The molecule has 0 aliphatic heterocycles. The van der Waals surface area contributed by atoms with E-state index in [0.29, 0.717) is 18.8 Å². The lowest BCUT2D eigenvalue weighted by molar-refractivity contribution is 0.0485. The van der Waals surface area contributed by atoms with E-state index < -0.39 is 11.9 Å². The quantitative estimate of drug-likeness (QED) is 0.532. The minimum atomic E-state index is -0.473. The first-order valence-electron chi connectivity index (χ1n) is 7.24. The summed E-state index contributed by atoms with van der Waals surface area (Å²) in [4.78, 5) is 23.6. The van der Waals surface area contributed by atoms with Crippen molar-refractivity contribution in [3.05, 3.63) is 34.3 Å². The zero-order chi connectivity index (χ0) is 15.7. The maximum atomic E-state index is 11.8. The number of benzene rings is 1. The fourth-order valence-corrected chi connectivity index (χ4v) is 1.84. The lowest BCUT2D eigenvalue weighted by atomic mass is 10.1. The molecule has 0 aliphatic carbocycles. The van der Waals surface area contributed by atoms with Gasteiger partial charge in [-0.3, -0.25) is 0 Å². The van der Waals surface area contributed by atoms with Crippen LogP contribution in [0.25, 0.3) is 0 Å². The van der Waals surface area contributed by atoms with Gasteiger partial charge in [0, 0.05) is 0 Å². The molecule has 0 amide bonds. The molecule has 0 unspecified atom stereocenters. The Kier molecular flexibility index (Phi) is 7.83. The number of esters is 2. The van der Waals surface area contributed by atoms with Gasteiger partial charge in [0.2, 0.25) is 0 Å². The molecule has 0 bridgehead atoms. The van der Waals surface area contributed by atoms with Crippen LogP contribution in [0.5, 0.6) is 0 Å². The van der Waals surface area contributed by atoms with Gasteiger partial charge < -0.3 is 9.47 Å². The highest BCUT2D eigenvalue weighted by Gasteiger charge is 2.15. The van der Waals surface area contributed by atoms with Crippen LogP contribution in [0.1, 0.15) is 60.2 Å². The third-order valence-corrected chi connectivity index (χ3v) is 3.20. The lowest BCUT2D eigenvalue weighted by Crippen LogP contribution is -2.10. The monoisotopic (exact) mass is 312 g/mol. The number of ether oxygens (including phenoxy) is 2. The first-order chi connectivity index (χ1) is 10.1. The molecule has 0 heterocycles. The van der Waals surface area contributed by atoms with Gasteiger partial charge in [0.05, 0.1) is 29.4 Å². The van der Waals surface area contributed by atoms with E-state index in [4.69, 9.17) is 21.1 Å². The van der Waals surface area contributed by atoms with Crippen molar-refractivity contribution >= 4 is 23.5 Å². The molecule has 0 fully saturated rings. The fourth-order valence-electron chi connectivity index (χ4n) is 1.59. The Labute approximate surface area is 130 Å². The molecule has 0 saturated heterocycles. The van der Waals surface area contributed by atoms with Crippen molar-refractivity contribution in [2.24, 2.45) is 0 Å². The summed E-state index contributed by atoms with van der Waals surface area (Å²) in [5.74, 6) is -0.907. The Bertz CT molecular complexity index is 485. The maximum Gasteiger partial charge on any atom is 0.339 e. The molecule has 0 N–H and O–H groups in total. The number of carbonyl (C=O) groups excluding carboxylic acids is 2. The van der Waals surface area contributed by atoms with Crippen molar-refractivity contribution in [1.29, 1.82) is 0 Å². The predicted molar refractivity (Wildman–Crippen MR) is 81.8 cm³/mol. The van der Waals surface area contributed by atoms with Crippen LogP contribution >= 0.6 is 11.6 Å². The van der Waals surface area contributed by atoms with Gasteiger partial charge in [-0.25, -0.2) is 9.59 Å². The van der Waals surface area contributed by atoms with E-state index in [1.54, 1.807) is 0 Å². The summed E-state index contributed by atoms with van der Waals surface area (Å²) in [6, 6.07) is 4.45. The van der Waals surface area contributed by atoms with Crippen LogP contribution in [0.4, 0.5) is 0 Å². The molecule has 116 valence electrons. The molecular formula is C16H21ClO4. The Hall–Kier alpha value is -1.55. The molecule has 1 aromatic rings. The summed E-state index contributed by atoms with van der Waals surface area (Å²) in [5.41, 5.74) is 0.596. The van der Waals surface area contributed by atoms with Crippen LogP contribution in [0.3, 0.4) is 0 Å². The molecule has 0 aliphatic rings. The van der Waals surface area contributed by atoms with Crippen LogP contribution in [0.15, 0.2) is 18.2 Å². The Morgan fingerprint density at radius 2 is 1.57 bits per heavy atom. The third-order valence-electron chi connectivity index (χ3n) is 2.89. The molecule has 0 aromatic heterocycles. The lowest BCUT2D eigenvalue weighted by Gasteiger charge is -2.08. The fraction of sp³-hybridized carbons (Fsp3) is 0.500. The Balaban J connectivity index is 2.66. The van der Waals surface area contributed by atoms with Gasteiger partial charge >= 0.3 is 11.9 Å². The van der Waals surface area contributed by atoms with Crippen LogP contribution in [-0.2, 0) is 9.47 Å². The Morgan fingerprint density at radius 1 is 1.00 bits per heavy atom. The van der Waals surface area contributed by atoms with E-state index in [1.165, 1.54) is 18.2 Å². The molecule has 0 saturated carbocycles. The second-order valence-corrected chi connectivity index (χ2v) is 5.08. The van der Waals surface area contributed by atoms with E-state index in [9.17, 15) is 9.59 Å². The molecule has 0 radical (unpaired) electrons. The molecule has 1 aromatic carbocycles. The molecule has 0 atom stereocenters. The number of carbonyl (C=O) groups is 2. The number of unbranched alkanes of at least 4 members (excludes halogenated alkanes) is 2. The van der Waals surface area contributed by atoms with Crippen LogP contribution in [0.2, 0.25) is 5.02 Å². The average molecular weight is 313 g/mol. The van der Waals surface area contributed by atoms with Gasteiger partial charge in [0.25, 0.3) is 0 Å². The number of hydrogen-bond acceptors (Lipinski definition) is 4. The number of halogens is 1. The van der Waals surface area contributed by atoms with Gasteiger partial charge in [-0.1, -0.05) is 38.3 Å². The summed E-state index contributed by atoms with van der Waals surface area (Å²) in [7, 11) is 0. The van der Waals surface area contributed by atoms with Crippen molar-refractivity contribution in [1.82, 2.24) is 0 Å². The van der Waals surface area contributed by atoms with E-state index in [2.05, 4.69) is 0 Å². The van der Waals surface area contributed by atoms with Crippen molar-refractivity contribution in [3.63, 3.8) is 0 Å². The highest BCUT2D eigenvalue weighted by Crippen LogP contribution is 2.19. The normalized spacial score (nSPS) is 10.2. The number of rotatable bonds is 8. The minimum Gasteiger partial charge on any atom is -0.462 e. The third kappa shape index (κ3) is 5.76. The first kappa shape index (κ1) is 17.5. The van der Waals surface area contributed by atoms with Crippen molar-refractivity contribution in [2.75, 3.05) is 13.2 Å². The highest BCUT2D eigenvalue weighted by molar-refractivity contribution is 6.33. The summed E-state index contributed by atoms with van der Waals surface area (Å²) in [6.45, 7) is 4.78. The molecule has 4 nitrogen and oxygen atoms in total. The summed E-state index contributed by atoms with van der Waals surface area (Å²) >= 11 is 6.03. The summed E-state index contributed by atoms with van der Waals surface area (Å²) in [6.07, 6.45) is 3.53. The second-order valence-electron chi connectivity index (χ2n) is 4.67. The SMILES string of the molecule is CCCCOC(=O)c1ccc(C(=O)OCCCC)c(Cl)c1. The molecule has 21 heavy (non-hydrogen) atoms. The molecule has 1 rings (SSSR count). The van der Waals surface area contributed by atoms with Gasteiger partial charge in [-0.2, -0.15) is 0 Å². The van der Waals surface area contributed by atoms with E-state index >= 15 is 0 Å². The largest absolute Gasteiger partial charge is 0.462 e. The topological polar surface area (TPSA) is 52.6 Å². The van der Waals surface area contributed by atoms with Crippen LogP contribution in [0, 0.1) is 0 Å². The van der Waals surface area contributed by atoms with Gasteiger partial charge in [-0.15, -0.1) is 0 Å². The molecule has 5 heteroatoms. The van der Waals surface area contributed by atoms with Crippen molar-refractivity contribution in [2.45, 2.75) is 39.5 Å². The van der Waals surface area contributed by atoms with Gasteiger partial charge in [0.1, 0.15) is 0 Å². The van der Waals surface area contributed by atoms with Gasteiger partial charge in [-0.05, 0) is 31.0 Å². The average Bonchev–Trinajstić information content (AvgIpc) is 2.47. The first-order valence-corrected chi connectivity index (χ1v) is 7.61. The van der Waals surface area contributed by atoms with E-state index in [1.807, 2.05) is 13.8 Å². The van der Waals surface area contributed by atoms with Gasteiger partial charge in [0.15, 0.2) is 0 Å². The predicted octanol–water partition coefficient (Wildman–Crippen LogP) is 4.25. The number of hydrogen-bond donors (Lipinski definition) is 0. The minimum absolute atomic E-state index is 0.196.